The molecule has 1 unspecified atom stereocenters. The summed E-state index contributed by atoms with van der Waals surface area (Å²) in [6.45, 7) is 4.58. The second-order valence-corrected chi connectivity index (χ2v) is 7.48. The van der Waals surface area contributed by atoms with Crippen molar-refractivity contribution in [2.75, 3.05) is 0 Å². The maximum atomic E-state index is 12.9. The third-order valence-corrected chi connectivity index (χ3v) is 5.29. The summed E-state index contributed by atoms with van der Waals surface area (Å²) in [7, 11) is 0. The minimum absolute atomic E-state index is 0.0121. The molecule has 1 heterocycles. The van der Waals surface area contributed by atoms with Gasteiger partial charge in [0.2, 0.25) is 5.91 Å². The van der Waals surface area contributed by atoms with Crippen LogP contribution in [0, 0.1) is 5.92 Å². The highest BCUT2D eigenvalue weighted by Gasteiger charge is 2.38. The Labute approximate surface area is 144 Å². The molecule has 2 amide bonds. The van der Waals surface area contributed by atoms with E-state index in [0.717, 1.165) is 24.0 Å². The Hall–Kier alpha value is -1.84. The number of nitrogens with zero attached hydrogens (tertiary/aromatic N) is 1. The van der Waals surface area contributed by atoms with E-state index in [1.54, 1.807) is 4.90 Å². The molecule has 3 rings (SSSR count). The van der Waals surface area contributed by atoms with Gasteiger partial charge in [-0.1, -0.05) is 57.7 Å². The van der Waals surface area contributed by atoms with Gasteiger partial charge >= 0.3 is 0 Å². The lowest BCUT2D eigenvalue weighted by Crippen LogP contribution is -2.52. The first-order valence-corrected chi connectivity index (χ1v) is 9.27. The molecule has 1 fully saturated rings. The van der Waals surface area contributed by atoms with Gasteiger partial charge in [0.15, 0.2) is 0 Å². The standard InChI is InChI=1S/C20H28N2O2/c1-14(2)18(19(23)21-16-10-5-3-4-6-11-16)22-13-15-9-7-8-12-17(15)20(22)24/h7-9,12,14,16,18H,3-6,10-11,13H2,1-2H3,(H,21,23). The summed E-state index contributed by atoms with van der Waals surface area (Å²) < 4.78 is 0. The highest BCUT2D eigenvalue weighted by Crippen LogP contribution is 2.27. The summed E-state index contributed by atoms with van der Waals surface area (Å²) >= 11 is 0. The van der Waals surface area contributed by atoms with E-state index < -0.39 is 6.04 Å². The monoisotopic (exact) mass is 328 g/mol. The molecule has 1 aliphatic heterocycles. The number of hydrogen-bond donors (Lipinski definition) is 1. The molecule has 130 valence electrons. The maximum absolute atomic E-state index is 12.9. The molecule has 1 aliphatic carbocycles. The van der Waals surface area contributed by atoms with Crippen molar-refractivity contribution in [3.8, 4) is 0 Å². The van der Waals surface area contributed by atoms with E-state index in [9.17, 15) is 9.59 Å². The predicted molar refractivity (Wildman–Crippen MR) is 94.6 cm³/mol. The zero-order chi connectivity index (χ0) is 17.1. The van der Waals surface area contributed by atoms with Gasteiger partial charge in [-0.25, -0.2) is 0 Å². The molecule has 1 saturated carbocycles. The van der Waals surface area contributed by atoms with Crippen LogP contribution in [0.1, 0.15) is 68.3 Å². The average Bonchev–Trinajstić information content (AvgIpc) is 2.73. The summed E-state index contributed by atoms with van der Waals surface area (Å²) in [5, 5.41) is 3.23. The van der Waals surface area contributed by atoms with Crippen molar-refractivity contribution in [1.82, 2.24) is 10.2 Å². The van der Waals surface area contributed by atoms with E-state index in [1.807, 2.05) is 38.1 Å². The fraction of sp³-hybridized carbons (Fsp3) is 0.600. The van der Waals surface area contributed by atoms with E-state index >= 15 is 0 Å². The highest BCUT2D eigenvalue weighted by atomic mass is 16.2. The molecule has 1 aromatic rings. The van der Waals surface area contributed by atoms with Gasteiger partial charge in [-0.15, -0.1) is 0 Å². The molecule has 4 heteroatoms. The normalized spacial score (nSPS) is 20.0. The van der Waals surface area contributed by atoms with Crippen LogP contribution >= 0.6 is 0 Å². The number of carbonyl (C=O) groups excluding carboxylic acids is 2. The fourth-order valence-electron chi connectivity index (χ4n) is 4.02. The average molecular weight is 328 g/mol. The van der Waals surface area contributed by atoms with Crippen LogP contribution in [0.5, 0.6) is 0 Å². The fourth-order valence-corrected chi connectivity index (χ4v) is 4.02. The minimum Gasteiger partial charge on any atom is -0.352 e. The number of benzene rings is 1. The first-order valence-electron chi connectivity index (χ1n) is 9.27. The van der Waals surface area contributed by atoms with Gasteiger partial charge in [-0.3, -0.25) is 9.59 Å². The van der Waals surface area contributed by atoms with Crippen molar-refractivity contribution >= 4 is 11.8 Å². The molecule has 0 radical (unpaired) electrons. The van der Waals surface area contributed by atoms with Crippen LogP contribution < -0.4 is 5.32 Å². The highest BCUT2D eigenvalue weighted by molar-refractivity contribution is 6.01. The van der Waals surface area contributed by atoms with Crippen molar-refractivity contribution < 1.29 is 9.59 Å². The zero-order valence-corrected chi connectivity index (χ0v) is 14.8. The molecule has 1 aromatic carbocycles. The van der Waals surface area contributed by atoms with E-state index in [1.165, 1.54) is 25.7 Å². The summed E-state index contributed by atoms with van der Waals surface area (Å²) in [5.74, 6) is 0.0902. The van der Waals surface area contributed by atoms with Crippen LogP contribution in [0.2, 0.25) is 0 Å². The summed E-state index contributed by atoms with van der Waals surface area (Å²) in [6.07, 6.45) is 7.02. The quantitative estimate of drug-likeness (QED) is 0.860. The molecule has 0 spiro atoms. The van der Waals surface area contributed by atoms with Gasteiger partial charge in [0.05, 0.1) is 0 Å². The molecule has 4 nitrogen and oxygen atoms in total. The number of hydrogen-bond acceptors (Lipinski definition) is 2. The topological polar surface area (TPSA) is 49.4 Å². The van der Waals surface area contributed by atoms with Crippen LogP contribution in [-0.4, -0.2) is 28.8 Å². The number of fused-ring (bicyclic) bond motifs is 1. The second kappa shape index (κ2) is 7.37. The molecular weight excluding hydrogens is 300 g/mol. The van der Waals surface area contributed by atoms with E-state index in [2.05, 4.69) is 5.32 Å². The summed E-state index contributed by atoms with van der Waals surface area (Å²) in [6, 6.07) is 7.54. The summed E-state index contributed by atoms with van der Waals surface area (Å²) in [5.41, 5.74) is 1.76. The van der Waals surface area contributed by atoms with Gasteiger partial charge in [0, 0.05) is 18.2 Å². The summed E-state index contributed by atoms with van der Waals surface area (Å²) in [4.78, 5) is 27.4. The largest absolute Gasteiger partial charge is 0.352 e. The molecule has 0 saturated heterocycles. The molecule has 1 N–H and O–H groups in total. The second-order valence-electron chi connectivity index (χ2n) is 7.48. The lowest BCUT2D eigenvalue weighted by molar-refractivity contribution is -0.128. The van der Waals surface area contributed by atoms with Gasteiger partial charge in [0.1, 0.15) is 6.04 Å². The van der Waals surface area contributed by atoms with Crippen LogP contribution in [0.25, 0.3) is 0 Å². The van der Waals surface area contributed by atoms with Crippen LogP contribution in [-0.2, 0) is 11.3 Å². The molecule has 1 atom stereocenters. The van der Waals surface area contributed by atoms with Crippen molar-refractivity contribution in [3.05, 3.63) is 35.4 Å². The first-order chi connectivity index (χ1) is 11.6. The number of nitrogens with one attached hydrogen (secondary N) is 1. The lowest BCUT2D eigenvalue weighted by Gasteiger charge is -2.31. The van der Waals surface area contributed by atoms with Gasteiger partial charge in [0.25, 0.3) is 5.91 Å². The first kappa shape index (κ1) is 17.0. The molecule has 0 aromatic heterocycles. The molecule has 2 aliphatic rings. The van der Waals surface area contributed by atoms with Gasteiger partial charge < -0.3 is 10.2 Å². The smallest absolute Gasteiger partial charge is 0.255 e. The molecular formula is C20H28N2O2. The Bertz CT molecular complexity index is 603. The number of amides is 2. The number of rotatable bonds is 4. The SMILES string of the molecule is CC(C)C(C(=O)NC1CCCCCC1)N1Cc2ccccc2C1=O. The van der Waals surface area contributed by atoms with Crippen LogP contribution in [0.4, 0.5) is 0 Å². The third kappa shape index (κ3) is 3.47. The Kier molecular flexibility index (Phi) is 5.22. The maximum Gasteiger partial charge on any atom is 0.255 e. The Morgan fingerprint density at radius 1 is 1.12 bits per heavy atom. The van der Waals surface area contributed by atoms with Gasteiger partial charge in [-0.05, 0) is 30.4 Å². The van der Waals surface area contributed by atoms with Crippen molar-refractivity contribution in [2.24, 2.45) is 5.92 Å². The molecule has 24 heavy (non-hydrogen) atoms. The Morgan fingerprint density at radius 2 is 1.79 bits per heavy atom. The Balaban J connectivity index is 1.73. The zero-order valence-electron chi connectivity index (χ0n) is 14.8. The van der Waals surface area contributed by atoms with Crippen molar-refractivity contribution in [1.29, 1.82) is 0 Å². The predicted octanol–water partition coefficient (Wildman–Crippen LogP) is 3.51. The minimum atomic E-state index is -0.395. The third-order valence-electron chi connectivity index (χ3n) is 5.29. The van der Waals surface area contributed by atoms with Crippen LogP contribution in [0.3, 0.4) is 0 Å². The van der Waals surface area contributed by atoms with Crippen LogP contribution in [0.15, 0.2) is 24.3 Å². The van der Waals surface area contributed by atoms with E-state index in [4.69, 9.17) is 0 Å². The van der Waals surface area contributed by atoms with Gasteiger partial charge in [-0.2, -0.15) is 0 Å². The number of carbonyl (C=O) groups is 2. The Morgan fingerprint density at radius 3 is 2.42 bits per heavy atom. The van der Waals surface area contributed by atoms with E-state index in [-0.39, 0.29) is 23.8 Å². The van der Waals surface area contributed by atoms with Crippen molar-refractivity contribution in [3.63, 3.8) is 0 Å². The van der Waals surface area contributed by atoms with Crippen molar-refractivity contribution in [2.45, 2.75) is 71.0 Å². The lowest BCUT2D eigenvalue weighted by atomic mass is 10.00. The molecule has 0 bridgehead atoms. The van der Waals surface area contributed by atoms with E-state index in [0.29, 0.717) is 6.54 Å².